The zero-order valence-corrected chi connectivity index (χ0v) is 14.2. The summed E-state index contributed by atoms with van der Waals surface area (Å²) in [5.74, 6) is -0.618. The molecule has 1 atom stereocenters. The van der Waals surface area contributed by atoms with Crippen molar-refractivity contribution in [3.8, 4) is 5.75 Å². The summed E-state index contributed by atoms with van der Waals surface area (Å²) >= 11 is 0. The molecule has 2 N–H and O–H groups in total. The van der Waals surface area contributed by atoms with Crippen molar-refractivity contribution in [2.24, 2.45) is 0 Å². The maximum absolute atomic E-state index is 12.3. The van der Waals surface area contributed by atoms with Crippen LogP contribution in [0.2, 0.25) is 0 Å². The van der Waals surface area contributed by atoms with E-state index in [-0.39, 0.29) is 11.5 Å². The van der Waals surface area contributed by atoms with E-state index in [0.29, 0.717) is 17.0 Å². The van der Waals surface area contributed by atoms with Gasteiger partial charge in [-0.05, 0) is 62.2 Å². The van der Waals surface area contributed by atoms with Crippen LogP contribution in [0.1, 0.15) is 38.8 Å². The number of carbonyl (C=O) groups is 3. The second-order valence-electron chi connectivity index (χ2n) is 6.04. The fraction of sp³-hybridized carbons (Fsp3) is 0.211. The van der Waals surface area contributed by atoms with Gasteiger partial charge in [0.25, 0.3) is 17.7 Å². The molecule has 3 rings (SSSR count). The fourth-order valence-electron chi connectivity index (χ4n) is 2.53. The average Bonchev–Trinajstić information content (AvgIpc) is 2.85. The third-order valence-corrected chi connectivity index (χ3v) is 4.16. The third kappa shape index (κ3) is 3.38. The zero-order chi connectivity index (χ0) is 18.1. The van der Waals surface area contributed by atoms with Crippen LogP contribution in [-0.2, 0) is 4.79 Å². The van der Waals surface area contributed by atoms with Crippen molar-refractivity contribution in [1.82, 2.24) is 5.32 Å². The SMILES string of the molecule is Cc1ccc(OC(C)C(=O)Nc2ccc3c(c2)C(=O)NC3=O)cc1C. The molecule has 0 bridgehead atoms. The van der Waals surface area contributed by atoms with Crippen LogP contribution in [0.3, 0.4) is 0 Å². The third-order valence-electron chi connectivity index (χ3n) is 4.16. The predicted octanol–water partition coefficient (Wildman–Crippen LogP) is 2.59. The number of hydrogen-bond donors (Lipinski definition) is 2. The lowest BCUT2D eigenvalue weighted by Crippen LogP contribution is -2.30. The van der Waals surface area contributed by atoms with Crippen molar-refractivity contribution >= 4 is 23.4 Å². The molecule has 3 amide bonds. The average molecular weight is 338 g/mol. The predicted molar refractivity (Wildman–Crippen MR) is 92.9 cm³/mol. The molecule has 0 fully saturated rings. The normalized spacial score (nSPS) is 13.9. The van der Waals surface area contributed by atoms with Crippen molar-refractivity contribution in [2.75, 3.05) is 5.32 Å². The molecule has 2 aromatic rings. The number of carbonyl (C=O) groups excluding carboxylic acids is 3. The number of hydrogen-bond acceptors (Lipinski definition) is 4. The fourth-order valence-corrected chi connectivity index (χ4v) is 2.53. The van der Waals surface area contributed by atoms with E-state index in [0.717, 1.165) is 11.1 Å². The molecule has 0 saturated heterocycles. The van der Waals surface area contributed by atoms with E-state index in [1.807, 2.05) is 32.0 Å². The van der Waals surface area contributed by atoms with Gasteiger partial charge in [0.1, 0.15) is 5.75 Å². The van der Waals surface area contributed by atoms with E-state index in [1.54, 1.807) is 13.0 Å². The van der Waals surface area contributed by atoms with Gasteiger partial charge in [0.15, 0.2) is 6.10 Å². The summed E-state index contributed by atoms with van der Waals surface area (Å²) in [6.45, 7) is 5.63. The molecular weight excluding hydrogens is 320 g/mol. The molecule has 128 valence electrons. The first-order valence-corrected chi connectivity index (χ1v) is 7.89. The maximum atomic E-state index is 12.3. The van der Waals surface area contributed by atoms with Crippen molar-refractivity contribution in [3.05, 3.63) is 58.7 Å². The van der Waals surface area contributed by atoms with Crippen LogP contribution in [0, 0.1) is 13.8 Å². The van der Waals surface area contributed by atoms with Gasteiger partial charge >= 0.3 is 0 Å². The lowest BCUT2D eigenvalue weighted by molar-refractivity contribution is -0.122. The van der Waals surface area contributed by atoms with Gasteiger partial charge < -0.3 is 10.1 Å². The molecule has 1 unspecified atom stereocenters. The Morgan fingerprint density at radius 1 is 1.00 bits per heavy atom. The molecule has 2 aromatic carbocycles. The van der Waals surface area contributed by atoms with Crippen LogP contribution in [0.25, 0.3) is 0 Å². The summed E-state index contributed by atoms with van der Waals surface area (Å²) in [4.78, 5) is 35.5. The van der Waals surface area contributed by atoms with E-state index < -0.39 is 17.9 Å². The second kappa shape index (κ2) is 6.39. The summed E-state index contributed by atoms with van der Waals surface area (Å²) < 4.78 is 5.67. The summed E-state index contributed by atoms with van der Waals surface area (Å²) in [5, 5.41) is 4.91. The molecule has 6 nitrogen and oxygen atoms in total. The number of imide groups is 1. The number of benzene rings is 2. The molecule has 25 heavy (non-hydrogen) atoms. The monoisotopic (exact) mass is 338 g/mol. The van der Waals surface area contributed by atoms with E-state index in [9.17, 15) is 14.4 Å². The van der Waals surface area contributed by atoms with Crippen LogP contribution >= 0.6 is 0 Å². The smallest absolute Gasteiger partial charge is 0.265 e. The Hall–Kier alpha value is -3.15. The first-order chi connectivity index (χ1) is 11.8. The Balaban J connectivity index is 1.69. The highest BCUT2D eigenvalue weighted by Crippen LogP contribution is 2.21. The van der Waals surface area contributed by atoms with Crippen LogP contribution in [0.4, 0.5) is 5.69 Å². The quantitative estimate of drug-likeness (QED) is 0.839. The van der Waals surface area contributed by atoms with Gasteiger partial charge in [0.05, 0.1) is 11.1 Å². The Kier molecular flexibility index (Phi) is 4.27. The Bertz CT molecular complexity index is 889. The molecule has 0 spiro atoms. The number of nitrogens with one attached hydrogen (secondary N) is 2. The number of ether oxygens (including phenoxy) is 1. The van der Waals surface area contributed by atoms with E-state index in [1.165, 1.54) is 12.1 Å². The van der Waals surface area contributed by atoms with Gasteiger partial charge in [-0.15, -0.1) is 0 Å². The summed E-state index contributed by atoms with van der Waals surface area (Å²) in [7, 11) is 0. The highest BCUT2D eigenvalue weighted by Gasteiger charge is 2.27. The molecule has 1 heterocycles. The number of rotatable bonds is 4. The van der Waals surface area contributed by atoms with E-state index in [2.05, 4.69) is 10.6 Å². The van der Waals surface area contributed by atoms with E-state index >= 15 is 0 Å². The summed E-state index contributed by atoms with van der Waals surface area (Å²) in [6.07, 6.45) is -0.717. The molecule has 0 radical (unpaired) electrons. The minimum atomic E-state index is -0.717. The largest absolute Gasteiger partial charge is 0.481 e. The highest BCUT2D eigenvalue weighted by atomic mass is 16.5. The molecule has 6 heteroatoms. The van der Waals surface area contributed by atoms with Gasteiger partial charge in [-0.25, -0.2) is 0 Å². The van der Waals surface area contributed by atoms with E-state index in [4.69, 9.17) is 4.74 Å². The summed E-state index contributed by atoms with van der Waals surface area (Å²) in [5.41, 5.74) is 3.23. The standard InChI is InChI=1S/C19H18N2O4/c1-10-4-6-14(8-11(10)2)25-12(3)17(22)20-13-5-7-15-16(9-13)19(24)21-18(15)23/h4-9,12H,1-3H3,(H,20,22)(H,21,23,24). The van der Waals surface area contributed by atoms with Crippen LogP contribution in [0.15, 0.2) is 36.4 Å². The van der Waals surface area contributed by atoms with Crippen LogP contribution in [0.5, 0.6) is 5.75 Å². The van der Waals surface area contributed by atoms with Crippen molar-refractivity contribution in [3.63, 3.8) is 0 Å². The first-order valence-electron chi connectivity index (χ1n) is 7.89. The van der Waals surface area contributed by atoms with Crippen LogP contribution in [-0.4, -0.2) is 23.8 Å². The van der Waals surface area contributed by atoms with Gasteiger partial charge in [0, 0.05) is 5.69 Å². The zero-order valence-electron chi connectivity index (χ0n) is 14.2. The topological polar surface area (TPSA) is 84.5 Å². The number of amides is 3. The molecule has 0 aliphatic carbocycles. The molecule has 1 aliphatic heterocycles. The molecular formula is C19H18N2O4. The molecule has 0 saturated carbocycles. The minimum absolute atomic E-state index is 0.255. The minimum Gasteiger partial charge on any atom is -0.481 e. The van der Waals surface area contributed by atoms with Crippen LogP contribution < -0.4 is 15.4 Å². The highest BCUT2D eigenvalue weighted by molar-refractivity contribution is 6.22. The van der Waals surface area contributed by atoms with Gasteiger partial charge in [-0.1, -0.05) is 6.07 Å². The molecule has 1 aliphatic rings. The van der Waals surface area contributed by atoms with Gasteiger partial charge in [-0.3, -0.25) is 19.7 Å². The first kappa shape index (κ1) is 16.7. The van der Waals surface area contributed by atoms with Crippen molar-refractivity contribution < 1.29 is 19.1 Å². The van der Waals surface area contributed by atoms with Crippen molar-refractivity contribution in [2.45, 2.75) is 26.9 Å². The maximum Gasteiger partial charge on any atom is 0.265 e. The lowest BCUT2D eigenvalue weighted by Gasteiger charge is -2.16. The number of fused-ring (bicyclic) bond motifs is 1. The summed E-state index contributed by atoms with van der Waals surface area (Å²) in [6, 6.07) is 10.2. The Morgan fingerprint density at radius 2 is 1.72 bits per heavy atom. The molecule has 0 aromatic heterocycles. The van der Waals surface area contributed by atoms with Gasteiger partial charge in [-0.2, -0.15) is 0 Å². The number of aryl methyl sites for hydroxylation is 2. The van der Waals surface area contributed by atoms with Crippen molar-refractivity contribution in [1.29, 1.82) is 0 Å². The van der Waals surface area contributed by atoms with Gasteiger partial charge in [0.2, 0.25) is 0 Å². The lowest BCUT2D eigenvalue weighted by atomic mass is 10.1. The Labute approximate surface area is 145 Å². The number of anilines is 1. The second-order valence-corrected chi connectivity index (χ2v) is 6.04. The Morgan fingerprint density at radius 3 is 2.44 bits per heavy atom.